The molecule has 0 aromatic carbocycles. The molecule has 1 aliphatic rings. The first-order chi connectivity index (χ1) is 9.63. The molecule has 1 fully saturated rings. The number of hydrogen-bond donors (Lipinski definition) is 0. The summed E-state index contributed by atoms with van der Waals surface area (Å²) in [5.41, 5.74) is 1.29. The Morgan fingerprint density at radius 2 is 2.15 bits per heavy atom. The summed E-state index contributed by atoms with van der Waals surface area (Å²) in [6.45, 7) is 0. The van der Waals surface area contributed by atoms with E-state index in [1.165, 1.54) is 37.0 Å². The number of carbonyl (C=O) groups excluding carboxylic acids is 1. The van der Waals surface area contributed by atoms with Gasteiger partial charge in [0.05, 0.1) is 22.5 Å². The Bertz CT molecular complexity index is 629. The Labute approximate surface area is 131 Å². The lowest BCUT2D eigenvalue weighted by molar-refractivity contribution is 0.0992. The van der Waals surface area contributed by atoms with Crippen molar-refractivity contribution in [3.05, 3.63) is 38.3 Å². The highest BCUT2D eigenvalue weighted by Crippen LogP contribution is 2.32. The van der Waals surface area contributed by atoms with E-state index in [2.05, 4.69) is 5.10 Å². The van der Waals surface area contributed by atoms with Crippen LogP contribution >= 0.6 is 34.5 Å². The molecule has 0 radical (unpaired) electrons. The van der Waals surface area contributed by atoms with Crippen LogP contribution in [0.25, 0.3) is 0 Å². The van der Waals surface area contributed by atoms with E-state index in [-0.39, 0.29) is 12.2 Å². The maximum atomic E-state index is 12.2. The number of Topliss-reactive ketones (excluding diaryl/α,β-unsaturated/α-hetero) is 1. The maximum absolute atomic E-state index is 12.2. The normalized spacial score (nSPS) is 15.9. The van der Waals surface area contributed by atoms with Gasteiger partial charge in [0.15, 0.2) is 5.78 Å². The van der Waals surface area contributed by atoms with Crippen LogP contribution in [0.1, 0.15) is 47.8 Å². The van der Waals surface area contributed by atoms with Crippen LogP contribution in [-0.2, 0) is 6.42 Å². The molecule has 2 aromatic heterocycles. The fourth-order valence-corrected chi connectivity index (χ4v) is 4.13. The third kappa shape index (κ3) is 2.92. The molecule has 0 unspecified atom stereocenters. The van der Waals surface area contributed by atoms with Crippen LogP contribution in [0.4, 0.5) is 0 Å². The smallest absolute Gasteiger partial charge is 0.171 e. The Hall–Kier alpha value is -0.840. The number of aromatic nitrogens is 2. The van der Waals surface area contributed by atoms with Gasteiger partial charge in [0.2, 0.25) is 0 Å². The van der Waals surface area contributed by atoms with Gasteiger partial charge in [-0.25, -0.2) is 0 Å². The lowest BCUT2D eigenvalue weighted by Crippen LogP contribution is -2.08. The molecule has 0 amide bonds. The van der Waals surface area contributed by atoms with Gasteiger partial charge in [-0.2, -0.15) is 5.10 Å². The topological polar surface area (TPSA) is 34.9 Å². The van der Waals surface area contributed by atoms with Crippen molar-refractivity contribution in [3.63, 3.8) is 0 Å². The first-order valence-corrected chi connectivity index (χ1v) is 8.23. The summed E-state index contributed by atoms with van der Waals surface area (Å²) in [4.78, 5) is 12.2. The quantitative estimate of drug-likeness (QED) is 0.756. The Balaban J connectivity index is 1.71. The van der Waals surface area contributed by atoms with Crippen molar-refractivity contribution in [2.75, 3.05) is 0 Å². The van der Waals surface area contributed by atoms with E-state index < -0.39 is 0 Å². The molecule has 0 bridgehead atoms. The molecular formula is C14H14Cl2N2OS. The second kappa shape index (κ2) is 5.88. The zero-order chi connectivity index (χ0) is 14.1. The third-order valence-electron chi connectivity index (χ3n) is 3.66. The molecule has 0 atom stereocenters. The number of thiophene rings is 1. The predicted molar refractivity (Wildman–Crippen MR) is 82.1 cm³/mol. The van der Waals surface area contributed by atoms with Crippen LogP contribution in [-0.4, -0.2) is 15.6 Å². The number of nitrogens with zero attached hydrogens (tertiary/aromatic N) is 2. The lowest BCUT2D eigenvalue weighted by Gasteiger charge is -2.08. The molecular weight excluding hydrogens is 315 g/mol. The van der Waals surface area contributed by atoms with E-state index in [1.807, 2.05) is 16.9 Å². The van der Waals surface area contributed by atoms with Gasteiger partial charge in [-0.05, 0) is 25.0 Å². The molecule has 2 heterocycles. The van der Waals surface area contributed by atoms with E-state index in [0.29, 0.717) is 20.3 Å². The molecule has 106 valence electrons. The second-order valence-corrected chi connectivity index (χ2v) is 7.35. The zero-order valence-corrected chi connectivity index (χ0v) is 13.1. The molecule has 0 N–H and O–H groups in total. The van der Waals surface area contributed by atoms with Gasteiger partial charge < -0.3 is 0 Å². The van der Waals surface area contributed by atoms with E-state index >= 15 is 0 Å². The Morgan fingerprint density at radius 3 is 2.80 bits per heavy atom. The zero-order valence-electron chi connectivity index (χ0n) is 10.8. The van der Waals surface area contributed by atoms with E-state index in [9.17, 15) is 4.79 Å². The van der Waals surface area contributed by atoms with Crippen LogP contribution < -0.4 is 0 Å². The number of ketones is 1. The van der Waals surface area contributed by atoms with Gasteiger partial charge in [0, 0.05) is 11.8 Å². The summed E-state index contributed by atoms with van der Waals surface area (Å²) in [6.07, 6.45) is 7.14. The fraction of sp³-hybridized carbons (Fsp3) is 0.429. The molecule has 2 aromatic rings. The van der Waals surface area contributed by atoms with E-state index in [4.69, 9.17) is 23.2 Å². The lowest BCUT2D eigenvalue weighted by atomic mass is 10.1. The van der Waals surface area contributed by atoms with Crippen LogP contribution in [0.2, 0.25) is 8.67 Å². The summed E-state index contributed by atoms with van der Waals surface area (Å²) >= 11 is 13.1. The van der Waals surface area contributed by atoms with Crippen molar-refractivity contribution in [2.45, 2.75) is 38.1 Å². The standard InChI is InChI=1S/C14H14Cl2N2OS/c15-13-8-11(14(16)20-13)12(19)7-9-5-6-18(17-9)10-3-1-2-4-10/h5-6,8,10H,1-4,7H2. The molecule has 20 heavy (non-hydrogen) atoms. The molecule has 3 nitrogen and oxygen atoms in total. The largest absolute Gasteiger partial charge is 0.294 e. The first-order valence-electron chi connectivity index (χ1n) is 6.65. The highest BCUT2D eigenvalue weighted by Gasteiger charge is 2.19. The van der Waals surface area contributed by atoms with Crippen LogP contribution in [0.15, 0.2) is 18.3 Å². The van der Waals surface area contributed by atoms with Gasteiger partial charge in [-0.1, -0.05) is 36.0 Å². The Morgan fingerprint density at radius 1 is 1.40 bits per heavy atom. The average molecular weight is 329 g/mol. The first kappa shape index (κ1) is 14.1. The summed E-state index contributed by atoms with van der Waals surface area (Å²) in [6, 6.07) is 4.04. The fourth-order valence-electron chi connectivity index (χ4n) is 2.63. The van der Waals surface area contributed by atoms with Gasteiger partial charge in [-0.15, -0.1) is 11.3 Å². The summed E-state index contributed by atoms with van der Waals surface area (Å²) in [7, 11) is 0. The molecule has 0 saturated heterocycles. The summed E-state index contributed by atoms with van der Waals surface area (Å²) in [5.74, 6) is -0.0326. The summed E-state index contributed by atoms with van der Waals surface area (Å²) in [5, 5.41) is 4.52. The monoisotopic (exact) mass is 328 g/mol. The molecule has 1 saturated carbocycles. The molecule has 6 heteroatoms. The minimum absolute atomic E-state index is 0.0326. The van der Waals surface area contributed by atoms with Crippen LogP contribution in [0.3, 0.4) is 0 Å². The molecule has 0 aliphatic heterocycles. The van der Waals surface area contributed by atoms with Crippen LogP contribution in [0, 0.1) is 0 Å². The molecule has 3 rings (SSSR count). The average Bonchev–Trinajstić information content (AvgIpc) is 3.09. The van der Waals surface area contributed by atoms with E-state index in [1.54, 1.807) is 6.07 Å². The highest BCUT2D eigenvalue weighted by atomic mass is 35.5. The number of carbonyl (C=O) groups is 1. The van der Waals surface area contributed by atoms with Crippen molar-refractivity contribution < 1.29 is 4.79 Å². The highest BCUT2D eigenvalue weighted by molar-refractivity contribution is 7.20. The van der Waals surface area contributed by atoms with Crippen molar-refractivity contribution in [1.82, 2.24) is 9.78 Å². The number of hydrogen-bond acceptors (Lipinski definition) is 3. The van der Waals surface area contributed by atoms with Gasteiger partial charge in [0.1, 0.15) is 4.34 Å². The van der Waals surface area contributed by atoms with Crippen molar-refractivity contribution in [3.8, 4) is 0 Å². The Kier molecular flexibility index (Phi) is 4.15. The number of rotatable bonds is 4. The molecule has 0 spiro atoms. The second-order valence-electron chi connectivity index (χ2n) is 5.06. The molecule has 1 aliphatic carbocycles. The van der Waals surface area contributed by atoms with Gasteiger partial charge in [-0.3, -0.25) is 9.48 Å². The van der Waals surface area contributed by atoms with Crippen molar-refractivity contribution in [2.24, 2.45) is 0 Å². The SMILES string of the molecule is O=C(Cc1ccn(C2CCCC2)n1)c1cc(Cl)sc1Cl. The minimum atomic E-state index is -0.0326. The van der Waals surface area contributed by atoms with Gasteiger partial charge in [0.25, 0.3) is 0 Å². The predicted octanol–water partition coefficient (Wildman–Crippen LogP) is 4.79. The summed E-state index contributed by atoms with van der Waals surface area (Å²) < 4.78 is 2.99. The van der Waals surface area contributed by atoms with Crippen LogP contribution in [0.5, 0.6) is 0 Å². The minimum Gasteiger partial charge on any atom is -0.294 e. The van der Waals surface area contributed by atoms with Crippen molar-refractivity contribution in [1.29, 1.82) is 0 Å². The number of halogens is 2. The maximum Gasteiger partial charge on any atom is 0.171 e. The van der Waals surface area contributed by atoms with Crippen molar-refractivity contribution >= 4 is 40.3 Å². The van der Waals surface area contributed by atoms with Gasteiger partial charge >= 0.3 is 0 Å². The third-order valence-corrected chi connectivity index (χ3v) is 5.15. The van der Waals surface area contributed by atoms with E-state index in [0.717, 1.165) is 5.69 Å².